The quantitative estimate of drug-likeness (QED) is 0.625. The van der Waals surface area contributed by atoms with Crippen LogP contribution >= 0.6 is 18.4 Å². The van der Waals surface area contributed by atoms with Crippen molar-refractivity contribution in [3.05, 3.63) is 0 Å². The van der Waals surface area contributed by atoms with Crippen molar-refractivity contribution in [1.82, 2.24) is 0 Å². The summed E-state index contributed by atoms with van der Waals surface area (Å²) < 4.78 is 46.9. The van der Waals surface area contributed by atoms with Crippen LogP contribution in [0.3, 0.4) is 0 Å². The molecule has 7 heteroatoms. The van der Waals surface area contributed by atoms with Crippen molar-refractivity contribution in [3.63, 3.8) is 0 Å². The summed E-state index contributed by atoms with van der Waals surface area (Å²) in [6.07, 6.45) is 1.18. The molecule has 0 unspecified atom stereocenters. The third-order valence-electron chi connectivity index (χ3n) is 1.59. The highest BCUT2D eigenvalue weighted by Crippen LogP contribution is 2.52. The molecule has 0 aliphatic rings. The summed E-state index contributed by atoms with van der Waals surface area (Å²) >= 11 is 0. The van der Waals surface area contributed by atoms with Gasteiger partial charge < -0.3 is 9.05 Å². The Morgan fingerprint density at radius 3 is 2.00 bits per heavy atom. The zero-order chi connectivity index (χ0) is 11.9. The van der Waals surface area contributed by atoms with Crippen molar-refractivity contribution in [2.45, 2.75) is 20.3 Å². The summed E-state index contributed by atoms with van der Waals surface area (Å²) in [5.74, 6) is -0.211. The first-order valence-corrected chi connectivity index (χ1v) is 8.60. The molecule has 0 spiro atoms. The lowest BCUT2D eigenvalue weighted by Crippen LogP contribution is -2.03. The van der Waals surface area contributed by atoms with Gasteiger partial charge in [0.2, 0.25) is 0 Å². The summed E-state index contributed by atoms with van der Waals surface area (Å²) in [7, 11) is -6.63. The van der Waals surface area contributed by atoms with Crippen LogP contribution < -0.4 is 0 Å². The standard InChI is InChI=1S/C8H19F2O3PS/c1-4-12-14(11,13-5-2)7-6-8-15(3,9)10/h4-8H2,1-3H3. The minimum Gasteiger partial charge on any atom is -0.309 e. The minimum atomic E-state index is -3.51. The molecular weight excluding hydrogens is 245 g/mol. The minimum absolute atomic E-state index is 0.0745. The summed E-state index contributed by atoms with van der Waals surface area (Å²) in [5.41, 5.74) is 0. The SMILES string of the molecule is CCOP(=O)(CCCS(C)(F)F)OCC. The van der Waals surface area contributed by atoms with Crippen molar-refractivity contribution in [2.24, 2.45) is 0 Å². The van der Waals surface area contributed by atoms with Crippen molar-refractivity contribution in [3.8, 4) is 0 Å². The number of rotatable bonds is 8. The van der Waals surface area contributed by atoms with Gasteiger partial charge in [0.1, 0.15) is 0 Å². The van der Waals surface area contributed by atoms with E-state index >= 15 is 0 Å². The first-order chi connectivity index (χ1) is 6.83. The second-order valence-electron chi connectivity index (χ2n) is 3.10. The van der Waals surface area contributed by atoms with Gasteiger partial charge in [-0.3, -0.25) is 4.57 Å². The number of hydrogen-bond acceptors (Lipinski definition) is 3. The molecule has 0 radical (unpaired) electrons. The Morgan fingerprint density at radius 1 is 1.20 bits per heavy atom. The van der Waals surface area contributed by atoms with E-state index in [0.29, 0.717) is 0 Å². The van der Waals surface area contributed by atoms with Gasteiger partial charge in [-0.05, 0) is 20.3 Å². The average Bonchev–Trinajstić information content (AvgIpc) is 2.01. The zero-order valence-electron chi connectivity index (χ0n) is 9.37. The van der Waals surface area contributed by atoms with Crippen LogP contribution in [-0.2, 0) is 13.6 Å². The van der Waals surface area contributed by atoms with Gasteiger partial charge in [0.15, 0.2) is 0 Å². The molecule has 15 heavy (non-hydrogen) atoms. The molecule has 0 aliphatic carbocycles. The van der Waals surface area contributed by atoms with Crippen LogP contribution in [0.1, 0.15) is 20.3 Å². The molecule has 0 N–H and O–H groups in total. The largest absolute Gasteiger partial charge is 0.330 e. The maximum atomic E-state index is 12.6. The molecule has 0 rings (SSSR count). The van der Waals surface area contributed by atoms with E-state index in [9.17, 15) is 12.3 Å². The predicted octanol–water partition coefficient (Wildman–Crippen LogP) is 3.85. The molecule has 0 aromatic rings. The average molecular weight is 264 g/mol. The topological polar surface area (TPSA) is 35.5 Å². The Balaban J connectivity index is 4.02. The number of halogens is 2. The molecule has 0 aromatic heterocycles. The van der Waals surface area contributed by atoms with Crippen LogP contribution in [0.25, 0.3) is 0 Å². The fraction of sp³-hybridized carbons (Fsp3) is 1.00. The maximum Gasteiger partial charge on any atom is 0.330 e. The van der Waals surface area contributed by atoms with Crippen LogP contribution in [0.15, 0.2) is 0 Å². The lowest BCUT2D eigenvalue weighted by molar-refractivity contribution is 0.220. The third-order valence-corrected chi connectivity index (χ3v) is 4.76. The number of hydrogen-bond donors (Lipinski definition) is 0. The predicted molar refractivity (Wildman–Crippen MR) is 60.9 cm³/mol. The Labute approximate surface area is 92.0 Å². The highest BCUT2D eigenvalue weighted by atomic mass is 32.3. The maximum absolute atomic E-state index is 12.6. The van der Waals surface area contributed by atoms with Crippen LogP contribution in [0, 0.1) is 0 Å². The van der Waals surface area contributed by atoms with E-state index in [4.69, 9.17) is 9.05 Å². The molecule has 0 saturated carbocycles. The van der Waals surface area contributed by atoms with Crippen molar-refractivity contribution < 1.29 is 21.4 Å². The molecule has 0 fully saturated rings. The van der Waals surface area contributed by atoms with E-state index in [0.717, 1.165) is 6.26 Å². The first kappa shape index (κ1) is 15.4. The Bertz CT molecular complexity index is 210. The van der Waals surface area contributed by atoms with Gasteiger partial charge in [0.25, 0.3) is 0 Å². The molecule has 0 bridgehead atoms. The molecular formula is C8H19F2O3PS. The molecule has 0 amide bonds. The normalized spacial score (nSPS) is 14.2. The van der Waals surface area contributed by atoms with Crippen molar-refractivity contribution in [1.29, 1.82) is 0 Å². The second-order valence-corrected chi connectivity index (χ2v) is 7.44. The van der Waals surface area contributed by atoms with Crippen LogP contribution in [0.2, 0.25) is 0 Å². The van der Waals surface area contributed by atoms with Gasteiger partial charge in [-0.1, -0.05) is 0 Å². The van der Waals surface area contributed by atoms with Gasteiger partial charge in [-0.2, -0.15) is 7.77 Å². The van der Waals surface area contributed by atoms with Gasteiger partial charge in [0.05, 0.1) is 30.2 Å². The third kappa shape index (κ3) is 8.20. The lowest BCUT2D eigenvalue weighted by atomic mass is 10.6. The summed E-state index contributed by atoms with van der Waals surface area (Å²) in [6.45, 7) is 3.94. The highest BCUT2D eigenvalue weighted by Gasteiger charge is 2.24. The van der Waals surface area contributed by atoms with Crippen LogP contribution in [0.4, 0.5) is 7.77 Å². The smallest absolute Gasteiger partial charge is 0.309 e. The lowest BCUT2D eigenvalue weighted by Gasteiger charge is -2.19. The van der Waals surface area contributed by atoms with Crippen LogP contribution in [0.5, 0.6) is 0 Å². The zero-order valence-corrected chi connectivity index (χ0v) is 11.1. The highest BCUT2D eigenvalue weighted by molar-refractivity contribution is 8.24. The molecule has 0 heterocycles. The summed E-state index contributed by atoms with van der Waals surface area (Å²) in [4.78, 5) is 0. The fourth-order valence-electron chi connectivity index (χ4n) is 1.07. The Hall–Kier alpha value is 0.360. The molecule has 0 aliphatic heterocycles. The fourth-order valence-corrected chi connectivity index (χ4v) is 3.60. The van der Waals surface area contributed by atoms with E-state index in [-0.39, 0.29) is 31.5 Å². The Kier molecular flexibility index (Phi) is 7.00. The van der Waals surface area contributed by atoms with Gasteiger partial charge >= 0.3 is 7.60 Å². The van der Waals surface area contributed by atoms with Gasteiger partial charge in [-0.25, -0.2) is 0 Å². The van der Waals surface area contributed by atoms with Crippen LogP contribution in [-0.4, -0.2) is 31.4 Å². The van der Waals surface area contributed by atoms with Gasteiger partial charge in [0, 0.05) is 12.0 Å². The molecule has 0 saturated heterocycles. The summed E-state index contributed by atoms with van der Waals surface area (Å²) in [5, 5.41) is 0. The molecule has 0 aromatic carbocycles. The van der Waals surface area contributed by atoms with E-state index < -0.39 is 18.4 Å². The molecule has 94 valence electrons. The van der Waals surface area contributed by atoms with E-state index in [1.165, 1.54) is 0 Å². The van der Waals surface area contributed by atoms with Crippen molar-refractivity contribution >= 4 is 18.4 Å². The second kappa shape index (κ2) is 6.84. The first-order valence-electron chi connectivity index (χ1n) is 4.86. The Morgan fingerprint density at radius 2 is 1.67 bits per heavy atom. The van der Waals surface area contributed by atoms with Gasteiger partial charge in [-0.15, -0.1) is 0 Å². The molecule has 3 nitrogen and oxygen atoms in total. The van der Waals surface area contributed by atoms with Crippen molar-refractivity contribution in [2.75, 3.05) is 31.4 Å². The summed E-state index contributed by atoms with van der Waals surface area (Å²) in [6, 6.07) is 0. The molecule has 0 atom stereocenters. The van der Waals surface area contributed by atoms with E-state index in [1.54, 1.807) is 13.8 Å². The monoisotopic (exact) mass is 264 g/mol. The van der Waals surface area contributed by atoms with E-state index in [1.807, 2.05) is 0 Å². The van der Waals surface area contributed by atoms with E-state index in [2.05, 4.69) is 0 Å².